The summed E-state index contributed by atoms with van der Waals surface area (Å²) in [6.45, 7) is 0.617. The highest BCUT2D eigenvalue weighted by molar-refractivity contribution is 9.10. The van der Waals surface area contributed by atoms with Crippen molar-refractivity contribution >= 4 is 21.6 Å². The number of hydrogen-bond donors (Lipinski definition) is 2. The molecule has 0 saturated carbocycles. The van der Waals surface area contributed by atoms with Gasteiger partial charge in [0.2, 0.25) is 0 Å². The molecular formula is C30H31BrN2O. The second-order valence-electron chi connectivity index (χ2n) is 8.79. The van der Waals surface area contributed by atoms with Crippen molar-refractivity contribution in [3.63, 3.8) is 0 Å². The van der Waals surface area contributed by atoms with Crippen LogP contribution in [0.1, 0.15) is 22.3 Å². The molecule has 0 unspecified atom stereocenters. The van der Waals surface area contributed by atoms with Crippen molar-refractivity contribution in [1.29, 1.82) is 0 Å². The number of hydrogen-bond acceptors (Lipinski definition) is 3. The van der Waals surface area contributed by atoms with Crippen LogP contribution in [0.2, 0.25) is 0 Å². The highest BCUT2D eigenvalue weighted by Gasteiger charge is 2.40. The van der Waals surface area contributed by atoms with Gasteiger partial charge in [-0.05, 0) is 46.9 Å². The van der Waals surface area contributed by atoms with E-state index < -0.39 is 5.60 Å². The van der Waals surface area contributed by atoms with E-state index in [-0.39, 0.29) is 6.04 Å². The highest BCUT2D eigenvalue weighted by Crippen LogP contribution is 2.35. The lowest BCUT2D eigenvalue weighted by Gasteiger charge is -2.38. The average molecular weight is 515 g/mol. The number of aliphatic hydroxyl groups is 1. The Morgan fingerprint density at radius 2 is 1.32 bits per heavy atom. The first-order valence-electron chi connectivity index (χ1n) is 11.5. The van der Waals surface area contributed by atoms with Crippen LogP contribution < -0.4 is 10.2 Å². The Labute approximate surface area is 211 Å². The summed E-state index contributed by atoms with van der Waals surface area (Å²) >= 11 is 3.62. The van der Waals surface area contributed by atoms with Gasteiger partial charge in [-0.15, -0.1) is 0 Å². The van der Waals surface area contributed by atoms with Gasteiger partial charge in [0, 0.05) is 36.8 Å². The van der Waals surface area contributed by atoms with Crippen molar-refractivity contribution in [3.8, 4) is 0 Å². The van der Waals surface area contributed by atoms with Gasteiger partial charge in [-0.2, -0.15) is 0 Å². The third-order valence-electron chi connectivity index (χ3n) is 6.28. The lowest BCUT2D eigenvalue weighted by atomic mass is 9.77. The molecule has 0 heterocycles. The molecule has 0 fully saturated rings. The minimum Gasteiger partial charge on any atom is -0.379 e. The standard InChI is InChI=1S/C30H31BrN2O/c1-33(2)28-19-18-27(31)21-24(28)22-32-29(20-23-12-6-3-7-13-23)30(34,25-14-8-4-9-15-25)26-16-10-5-11-17-26/h3-19,21,29,32,34H,20,22H2,1-2H3/t29-/m0/s1. The summed E-state index contributed by atoms with van der Waals surface area (Å²) in [4.78, 5) is 2.12. The van der Waals surface area contributed by atoms with Gasteiger partial charge in [0.05, 0.1) is 0 Å². The zero-order chi connectivity index (χ0) is 24.0. The largest absolute Gasteiger partial charge is 0.379 e. The first-order valence-corrected chi connectivity index (χ1v) is 12.3. The van der Waals surface area contributed by atoms with Gasteiger partial charge in [0.25, 0.3) is 0 Å². The van der Waals surface area contributed by atoms with E-state index in [4.69, 9.17) is 0 Å². The van der Waals surface area contributed by atoms with E-state index in [0.717, 1.165) is 21.3 Å². The van der Waals surface area contributed by atoms with Crippen molar-refractivity contribution in [2.24, 2.45) is 0 Å². The first kappa shape index (κ1) is 24.2. The van der Waals surface area contributed by atoms with Gasteiger partial charge in [-0.1, -0.05) is 107 Å². The molecule has 2 N–H and O–H groups in total. The number of rotatable bonds is 9. The van der Waals surface area contributed by atoms with Crippen LogP contribution >= 0.6 is 15.9 Å². The van der Waals surface area contributed by atoms with Crippen LogP contribution in [-0.2, 0) is 18.6 Å². The zero-order valence-corrected chi connectivity index (χ0v) is 21.2. The molecule has 4 heteroatoms. The van der Waals surface area contributed by atoms with Crippen LogP contribution in [0, 0.1) is 0 Å². The van der Waals surface area contributed by atoms with Crippen LogP contribution in [0.3, 0.4) is 0 Å². The Bertz CT molecular complexity index is 1140. The molecule has 34 heavy (non-hydrogen) atoms. The highest BCUT2D eigenvalue weighted by atomic mass is 79.9. The quantitative estimate of drug-likeness (QED) is 0.281. The molecule has 4 aromatic rings. The van der Waals surface area contributed by atoms with E-state index in [1.165, 1.54) is 11.1 Å². The minimum atomic E-state index is -1.22. The van der Waals surface area contributed by atoms with Crippen LogP contribution in [0.25, 0.3) is 0 Å². The zero-order valence-electron chi connectivity index (χ0n) is 19.7. The molecule has 1 atom stereocenters. The van der Waals surface area contributed by atoms with E-state index in [2.05, 4.69) is 82.7 Å². The second kappa shape index (κ2) is 11.0. The SMILES string of the molecule is CN(C)c1ccc(Br)cc1CN[C@@H](Cc1ccccc1)C(O)(c1ccccc1)c1ccccc1. The van der Waals surface area contributed by atoms with Crippen molar-refractivity contribution in [2.45, 2.75) is 24.6 Å². The third-order valence-corrected chi connectivity index (χ3v) is 6.77. The van der Waals surface area contributed by atoms with E-state index in [9.17, 15) is 5.11 Å². The number of anilines is 1. The molecular weight excluding hydrogens is 484 g/mol. The van der Waals surface area contributed by atoms with Crippen LogP contribution in [-0.4, -0.2) is 25.2 Å². The maximum Gasteiger partial charge on any atom is 0.130 e. The number of nitrogens with zero attached hydrogens (tertiary/aromatic N) is 1. The smallest absolute Gasteiger partial charge is 0.130 e. The Morgan fingerprint density at radius 1 is 0.794 bits per heavy atom. The van der Waals surface area contributed by atoms with Gasteiger partial charge in [-0.25, -0.2) is 0 Å². The summed E-state index contributed by atoms with van der Waals surface area (Å²) in [5.41, 5.74) is 4.02. The summed E-state index contributed by atoms with van der Waals surface area (Å²) in [6, 6.07) is 36.4. The van der Waals surface area contributed by atoms with Gasteiger partial charge in [0.15, 0.2) is 0 Å². The normalized spacial score (nSPS) is 12.4. The van der Waals surface area contributed by atoms with Crippen molar-refractivity contribution in [3.05, 3.63) is 136 Å². The van der Waals surface area contributed by atoms with E-state index in [1.54, 1.807) is 0 Å². The molecule has 0 aliphatic heterocycles. The molecule has 174 valence electrons. The Hall–Kier alpha value is -2.92. The molecule has 0 radical (unpaired) electrons. The van der Waals surface area contributed by atoms with E-state index in [1.807, 2.05) is 66.7 Å². The summed E-state index contributed by atoms with van der Waals surface area (Å²) in [7, 11) is 4.11. The lowest BCUT2D eigenvalue weighted by Crippen LogP contribution is -2.50. The molecule has 0 aliphatic rings. The fourth-order valence-corrected chi connectivity index (χ4v) is 4.94. The van der Waals surface area contributed by atoms with Gasteiger partial charge in [0.1, 0.15) is 5.60 Å². The van der Waals surface area contributed by atoms with Crippen molar-refractivity contribution in [1.82, 2.24) is 5.32 Å². The maximum absolute atomic E-state index is 12.5. The van der Waals surface area contributed by atoms with Crippen molar-refractivity contribution in [2.75, 3.05) is 19.0 Å². The fraction of sp³-hybridized carbons (Fsp3) is 0.200. The van der Waals surface area contributed by atoms with Gasteiger partial charge in [-0.3, -0.25) is 0 Å². The Balaban J connectivity index is 1.78. The lowest BCUT2D eigenvalue weighted by molar-refractivity contribution is 0.0362. The second-order valence-corrected chi connectivity index (χ2v) is 9.70. The maximum atomic E-state index is 12.5. The molecule has 3 nitrogen and oxygen atoms in total. The minimum absolute atomic E-state index is 0.270. The van der Waals surface area contributed by atoms with Crippen LogP contribution in [0.15, 0.2) is 114 Å². The third kappa shape index (κ3) is 5.41. The van der Waals surface area contributed by atoms with Crippen LogP contribution in [0.5, 0.6) is 0 Å². The predicted molar refractivity (Wildman–Crippen MR) is 145 cm³/mol. The molecule has 0 aliphatic carbocycles. The topological polar surface area (TPSA) is 35.5 Å². The summed E-state index contributed by atoms with van der Waals surface area (Å²) in [5, 5.41) is 16.3. The summed E-state index contributed by atoms with van der Waals surface area (Å²) in [5.74, 6) is 0. The number of halogens is 1. The van der Waals surface area contributed by atoms with Crippen LogP contribution in [0.4, 0.5) is 5.69 Å². The molecule has 0 bridgehead atoms. The van der Waals surface area contributed by atoms with E-state index >= 15 is 0 Å². The van der Waals surface area contributed by atoms with Gasteiger partial charge >= 0.3 is 0 Å². The summed E-state index contributed by atoms with van der Waals surface area (Å²) < 4.78 is 1.04. The molecule has 4 aromatic carbocycles. The fourth-order valence-electron chi connectivity index (χ4n) is 4.54. The molecule has 4 rings (SSSR count). The molecule has 0 amide bonds. The van der Waals surface area contributed by atoms with Crippen molar-refractivity contribution < 1.29 is 5.11 Å². The molecule has 0 spiro atoms. The molecule has 0 aromatic heterocycles. The number of nitrogens with one attached hydrogen (secondary N) is 1. The monoisotopic (exact) mass is 514 g/mol. The first-order chi connectivity index (χ1) is 16.5. The van der Waals surface area contributed by atoms with Gasteiger partial charge < -0.3 is 15.3 Å². The number of benzene rings is 4. The Morgan fingerprint density at radius 3 is 1.85 bits per heavy atom. The average Bonchev–Trinajstić information content (AvgIpc) is 2.87. The summed E-state index contributed by atoms with van der Waals surface area (Å²) in [6.07, 6.45) is 0.673. The molecule has 0 saturated heterocycles. The Kier molecular flexibility index (Phi) is 7.84. The van der Waals surface area contributed by atoms with E-state index in [0.29, 0.717) is 13.0 Å². The predicted octanol–water partition coefficient (Wildman–Crippen LogP) is 6.15.